The molecule has 0 unspecified atom stereocenters. The molecule has 0 fully saturated rings. The summed E-state index contributed by atoms with van der Waals surface area (Å²) >= 11 is 0. The lowest BCUT2D eigenvalue weighted by Crippen LogP contribution is -2.38. The van der Waals surface area contributed by atoms with Crippen molar-refractivity contribution in [2.75, 3.05) is 12.4 Å². The average Bonchev–Trinajstić information content (AvgIpc) is 3.01. The highest BCUT2D eigenvalue weighted by Crippen LogP contribution is 2.31. The van der Waals surface area contributed by atoms with Crippen molar-refractivity contribution in [3.63, 3.8) is 0 Å². The zero-order valence-corrected chi connectivity index (χ0v) is 20.5. The first-order chi connectivity index (χ1) is 17.0. The number of benzene rings is 3. The molecule has 0 aromatic heterocycles. The minimum absolute atomic E-state index is 0.0489. The molecule has 0 saturated carbocycles. The van der Waals surface area contributed by atoms with E-state index < -0.39 is 6.10 Å². The van der Waals surface area contributed by atoms with Crippen LogP contribution in [0.3, 0.4) is 0 Å². The first-order valence-electron chi connectivity index (χ1n) is 12.1. The average molecular weight is 473 g/mol. The predicted molar refractivity (Wildman–Crippen MR) is 137 cm³/mol. The lowest BCUT2D eigenvalue weighted by atomic mass is 9.95. The Labute approximate surface area is 206 Å². The molecule has 0 saturated heterocycles. The number of hydrogen-bond acceptors (Lipinski definition) is 4. The second-order valence-corrected chi connectivity index (χ2v) is 8.74. The number of rotatable bonds is 8. The van der Waals surface area contributed by atoms with Crippen LogP contribution in [0, 0.1) is 0 Å². The molecule has 2 amide bonds. The van der Waals surface area contributed by atoms with E-state index >= 15 is 0 Å². The number of carbonyl (C=O) groups excluding carboxylic acids is 2. The van der Waals surface area contributed by atoms with E-state index in [2.05, 4.69) is 5.32 Å². The smallest absolute Gasteiger partial charge is 0.264 e. The number of anilines is 1. The molecule has 0 spiro atoms. The topological polar surface area (TPSA) is 67.9 Å². The van der Waals surface area contributed by atoms with Crippen molar-refractivity contribution < 1.29 is 19.1 Å². The highest BCUT2D eigenvalue weighted by molar-refractivity contribution is 5.96. The summed E-state index contributed by atoms with van der Waals surface area (Å²) in [5, 5.41) is 3.06. The lowest BCUT2D eigenvalue weighted by Gasteiger charge is -2.23. The van der Waals surface area contributed by atoms with Gasteiger partial charge in [-0.25, -0.2) is 0 Å². The minimum atomic E-state index is -0.551. The third-order valence-corrected chi connectivity index (χ3v) is 6.35. The van der Waals surface area contributed by atoms with E-state index in [4.69, 9.17) is 9.47 Å². The molecule has 1 N–H and O–H groups in total. The van der Waals surface area contributed by atoms with Crippen molar-refractivity contribution in [3.8, 4) is 11.5 Å². The molecule has 0 aliphatic carbocycles. The van der Waals surface area contributed by atoms with Gasteiger partial charge in [-0.2, -0.15) is 0 Å². The van der Waals surface area contributed by atoms with Gasteiger partial charge in [0, 0.05) is 24.3 Å². The molecule has 6 heteroatoms. The number of carbonyl (C=O) groups is 2. The van der Waals surface area contributed by atoms with Crippen molar-refractivity contribution in [3.05, 3.63) is 89.5 Å². The summed E-state index contributed by atoms with van der Waals surface area (Å²) in [6.07, 6.45) is 0.718. The van der Waals surface area contributed by atoms with E-state index in [1.54, 1.807) is 12.0 Å². The van der Waals surface area contributed by atoms with Crippen LogP contribution in [-0.2, 0) is 22.7 Å². The van der Waals surface area contributed by atoms with Crippen molar-refractivity contribution in [2.24, 2.45) is 0 Å². The third kappa shape index (κ3) is 5.65. The molecule has 4 rings (SSSR count). The van der Waals surface area contributed by atoms with Crippen molar-refractivity contribution in [1.29, 1.82) is 0 Å². The Morgan fingerprint density at radius 3 is 2.60 bits per heavy atom. The molecule has 1 aliphatic rings. The summed E-state index contributed by atoms with van der Waals surface area (Å²) in [5.41, 5.74) is 3.53. The largest absolute Gasteiger partial charge is 0.497 e. The zero-order chi connectivity index (χ0) is 24.8. The van der Waals surface area contributed by atoms with Crippen LogP contribution in [0.4, 0.5) is 5.69 Å². The minimum Gasteiger partial charge on any atom is -0.497 e. The van der Waals surface area contributed by atoms with E-state index in [-0.39, 0.29) is 17.7 Å². The van der Waals surface area contributed by atoms with Gasteiger partial charge in [0.1, 0.15) is 11.5 Å². The molecule has 0 bridgehead atoms. The third-order valence-electron chi connectivity index (χ3n) is 6.35. The Kier molecular flexibility index (Phi) is 7.70. The Bertz CT molecular complexity index is 1180. The Hall–Kier alpha value is -3.80. The van der Waals surface area contributed by atoms with Gasteiger partial charge in [0.05, 0.1) is 13.0 Å². The molecule has 1 aliphatic heterocycles. The summed E-state index contributed by atoms with van der Waals surface area (Å²) in [6.45, 7) is 4.79. The summed E-state index contributed by atoms with van der Waals surface area (Å²) in [7, 11) is 1.63. The highest BCUT2D eigenvalue weighted by Gasteiger charge is 2.30. The van der Waals surface area contributed by atoms with Gasteiger partial charge in [-0.15, -0.1) is 0 Å². The number of nitrogens with zero attached hydrogens (tertiary/aromatic N) is 1. The second kappa shape index (κ2) is 11.1. The number of hydrogen-bond donors (Lipinski definition) is 1. The van der Waals surface area contributed by atoms with Gasteiger partial charge in [0.2, 0.25) is 5.91 Å². The van der Waals surface area contributed by atoms with Crippen LogP contribution in [0.5, 0.6) is 11.5 Å². The molecule has 0 radical (unpaired) electrons. The first-order valence-corrected chi connectivity index (χ1v) is 12.1. The Balaban J connectivity index is 1.57. The Morgan fingerprint density at radius 2 is 1.89 bits per heavy atom. The van der Waals surface area contributed by atoms with Gasteiger partial charge in [0.15, 0.2) is 6.10 Å². The molecule has 1 heterocycles. The van der Waals surface area contributed by atoms with E-state index in [0.717, 1.165) is 22.4 Å². The van der Waals surface area contributed by atoms with Gasteiger partial charge in [-0.05, 0) is 54.3 Å². The van der Waals surface area contributed by atoms with E-state index in [0.29, 0.717) is 37.4 Å². The quantitative estimate of drug-likeness (QED) is 0.468. The fourth-order valence-corrected chi connectivity index (χ4v) is 4.46. The van der Waals surface area contributed by atoms with E-state index in [1.807, 2.05) is 86.6 Å². The first kappa shape index (κ1) is 24.3. The van der Waals surface area contributed by atoms with Gasteiger partial charge >= 0.3 is 0 Å². The SMILES string of the molecule is CC[C@H](C(=O)Nc1ccc2c(c1)CN(Cc1cccc(OC)c1)C(=O)[C@@H](CC)O2)c1ccccc1. The summed E-state index contributed by atoms with van der Waals surface area (Å²) in [4.78, 5) is 28.1. The van der Waals surface area contributed by atoms with Gasteiger partial charge in [0.25, 0.3) is 5.91 Å². The number of amides is 2. The molecule has 3 aromatic rings. The standard InChI is InChI=1S/C29H32N2O4/c1-4-25(21-11-7-6-8-12-21)28(32)30-23-14-15-27-22(17-23)19-31(29(33)26(5-2)35-27)18-20-10-9-13-24(16-20)34-3/h6-17,25-26H,4-5,18-19H2,1-3H3,(H,30,32)/t25-,26+/m0/s1. The van der Waals surface area contributed by atoms with Gasteiger partial charge in [-0.3, -0.25) is 9.59 Å². The maximum atomic E-state index is 13.3. The molecule has 6 nitrogen and oxygen atoms in total. The fourth-order valence-electron chi connectivity index (χ4n) is 4.46. The predicted octanol–water partition coefficient (Wildman–Crippen LogP) is 5.53. The molecular weight excluding hydrogens is 440 g/mol. The Morgan fingerprint density at radius 1 is 1.09 bits per heavy atom. The molecule has 35 heavy (non-hydrogen) atoms. The summed E-state index contributed by atoms with van der Waals surface area (Å²) in [6, 6.07) is 23.1. The zero-order valence-electron chi connectivity index (χ0n) is 20.5. The summed E-state index contributed by atoms with van der Waals surface area (Å²) in [5.74, 6) is 1.09. The number of fused-ring (bicyclic) bond motifs is 1. The molecule has 182 valence electrons. The van der Waals surface area contributed by atoms with Crippen molar-refractivity contribution in [1.82, 2.24) is 4.90 Å². The van der Waals surface area contributed by atoms with Crippen LogP contribution < -0.4 is 14.8 Å². The van der Waals surface area contributed by atoms with E-state index in [9.17, 15) is 9.59 Å². The normalized spacial score (nSPS) is 16.0. The van der Waals surface area contributed by atoms with Gasteiger partial charge in [-0.1, -0.05) is 56.3 Å². The molecule has 2 atom stereocenters. The number of ether oxygens (including phenoxy) is 2. The van der Waals surface area contributed by atoms with Gasteiger partial charge < -0.3 is 19.7 Å². The van der Waals surface area contributed by atoms with E-state index in [1.165, 1.54) is 0 Å². The van der Waals surface area contributed by atoms with Crippen LogP contribution in [0.25, 0.3) is 0 Å². The van der Waals surface area contributed by atoms with Crippen LogP contribution in [0.15, 0.2) is 72.8 Å². The number of nitrogens with one attached hydrogen (secondary N) is 1. The maximum Gasteiger partial charge on any atom is 0.264 e. The second-order valence-electron chi connectivity index (χ2n) is 8.74. The van der Waals surface area contributed by atoms with Crippen LogP contribution in [0.2, 0.25) is 0 Å². The van der Waals surface area contributed by atoms with Crippen molar-refractivity contribution >= 4 is 17.5 Å². The molecular formula is C29H32N2O4. The lowest BCUT2D eigenvalue weighted by molar-refractivity contribution is -0.139. The fraction of sp³-hybridized carbons (Fsp3) is 0.310. The molecule has 3 aromatic carbocycles. The maximum absolute atomic E-state index is 13.3. The summed E-state index contributed by atoms with van der Waals surface area (Å²) < 4.78 is 11.4. The highest BCUT2D eigenvalue weighted by atomic mass is 16.5. The van der Waals surface area contributed by atoms with Crippen molar-refractivity contribution in [2.45, 2.75) is 51.8 Å². The number of methoxy groups -OCH3 is 1. The van der Waals surface area contributed by atoms with Crippen LogP contribution in [0.1, 0.15) is 49.3 Å². The van der Waals surface area contributed by atoms with Crippen LogP contribution in [-0.4, -0.2) is 29.9 Å². The monoisotopic (exact) mass is 472 g/mol. The van der Waals surface area contributed by atoms with Crippen LogP contribution >= 0.6 is 0 Å².